The summed E-state index contributed by atoms with van der Waals surface area (Å²) in [6.07, 6.45) is 0.108. The minimum atomic E-state index is -0.181. The van der Waals surface area contributed by atoms with E-state index < -0.39 is 0 Å². The van der Waals surface area contributed by atoms with Gasteiger partial charge in [-0.05, 0) is 62.7 Å². The van der Waals surface area contributed by atoms with Crippen LogP contribution in [-0.2, 0) is 0 Å². The Morgan fingerprint density at radius 3 is 2.36 bits per heavy atom. The lowest BCUT2D eigenvalue weighted by molar-refractivity contribution is 0.102. The molecule has 22 heavy (non-hydrogen) atoms. The van der Waals surface area contributed by atoms with Gasteiger partial charge in [-0.15, -0.1) is 0 Å². The van der Waals surface area contributed by atoms with E-state index in [1.807, 2.05) is 39.0 Å². The van der Waals surface area contributed by atoms with Crippen molar-refractivity contribution in [2.45, 2.75) is 26.9 Å². The second-order valence-corrected chi connectivity index (χ2v) is 5.35. The van der Waals surface area contributed by atoms with Gasteiger partial charge >= 0.3 is 0 Å². The Morgan fingerprint density at radius 1 is 1.09 bits per heavy atom. The molecule has 0 heterocycles. The maximum Gasteiger partial charge on any atom is 0.255 e. The van der Waals surface area contributed by atoms with Crippen LogP contribution in [0.15, 0.2) is 42.5 Å². The van der Waals surface area contributed by atoms with Crippen molar-refractivity contribution in [3.8, 4) is 11.5 Å². The maximum absolute atomic E-state index is 12.3. The average Bonchev–Trinajstić information content (AvgIpc) is 2.47. The largest absolute Gasteiger partial charge is 0.495 e. The number of carbonyl (C=O) groups excluding carboxylic acids is 1. The van der Waals surface area contributed by atoms with Gasteiger partial charge in [0.2, 0.25) is 0 Å². The molecule has 4 nitrogen and oxygen atoms in total. The zero-order valence-electron chi connectivity index (χ0n) is 13.3. The summed E-state index contributed by atoms with van der Waals surface area (Å²) >= 11 is 0. The van der Waals surface area contributed by atoms with E-state index in [0.29, 0.717) is 17.0 Å². The predicted molar refractivity (Wildman–Crippen MR) is 87.9 cm³/mol. The number of anilines is 1. The second kappa shape index (κ2) is 6.98. The summed E-state index contributed by atoms with van der Waals surface area (Å²) in [6.45, 7) is 5.89. The number of hydrogen-bond acceptors (Lipinski definition) is 3. The summed E-state index contributed by atoms with van der Waals surface area (Å²) in [5.41, 5.74) is 2.28. The van der Waals surface area contributed by atoms with Crippen LogP contribution in [0.1, 0.15) is 29.8 Å². The minimum Gasteiger partial charge on any atom is -0.495 e. The van der Waals surface area contributed by atoms with E-state index in [9.17, 15) is 4.79 Å². The monoisotopic (exact) mass is 299 g/mol. The maximum atomic E-state index is 12.3. The van der Waals surface area contributed by atoms with E-state index in [4.69, 9.17) is 9.47 Å². The van der Waals surface area contributed by atoms with Crippen LogP contribution in [0, 0.1) is 6.92 Å². The highest BCUT2D eigenvalue weighted by Crippen LogP contribution is 2.26. The molecule has 0 aliphatic rings. The molecule has 1 amide bonds. The Kier molecular flexibility index (Phi) is 5.04. The molecule has 0 spiro atoms. The summed E-state index contributed by atoms with van der Waals surface area (Å²) in [5, 5.41) is 2.87. The molecule has 0 saturated carbocycles. The van der Waals surface area contributed by atoms with Gasteiger partial charge in [0.25, 0.3) is 5.91 Å². The Balaban J connectivity index is 2.14. The zero-order valence-corrected chi connectivity index (χ0v) is 13.3. The fourth-order valence-electron chi connectivity index (χ4n) is 2.07. The summed E-state index contributed by atoms with van der Waals surface area (Å²) in [6, 6.07) is 12.7. The Morgan fingerprint density at radius 2 is 1.77 bits per heavy atom. The SMILES string of the molecule is COc1ccc(C)cc1NC(=O)c1ccc(OC(C)C)cc1. The lowest BCUT2D eigenvalue weighted by Crippen LogP contribution is -2.13. The molecule has 0 aliphatic heterocycles. The van der Waals surface area contributed by atoms with Crippen molar-refractivity contribution >= 4 is 11.6 Å². The van der Waals surface area contributed by atoms with Gasteiger partial charge in [0.05, 0.1) is 18.9 Å². The predicted octanol–water partition coefficient (Wildman–Crippen LogP) is 4.04. The van der Waals surface area contributed by atoms with E-state index in [-0.39, 0.29) is 12.0 Å². The Bertz CT molecular complexity index is 648. The van der Waals surface area contributed by atoms with E-state index in [1.165, 1.54) is 0 Å². The van der Waals surface area contributed by atoms with Crippen LogP contribution < -0.4 is 14.8 Å². The van der Waals surface area contributed by atoms with E-state index in [2.05, 4.69) is 5.32 Å². The van der Waals surface area contributed by atoms with Crippen molar-refractivity contribution < 1.29 is 14.3 Å². The molecule has 1 N–H and O–H groups in total. The van der Waals surface area contributed by atoms with Gasteiger partial charge in [0.15, 0.2) is 0 Å². The van der Waals surface area contributed by atoms with E-state index in [0.717, 1.165) is 11.3 Å². The standard InChI is InChI=1S/C18H21NO3/c1-12(2)22-15-8-6-14(7-9-15)18(20)19-16-11-13(3)5-10-17(16)21-4/h5-12H,1-4H3,(H,19,20). The molecule has 0 atom stereocenters. The highest BCUT2D eigenvalue weighted by Gasteiger charge is 2.10. The van der Waals surface area contributed by atoms with Crippen molar-refractivity contribution in [3.63, 3.8) is 0 Å². The van der Waals surface area contributed by atoms with Gasteiger partial charge in [0, 0.05) is 5.56 Å². The van der Waals surface area contributed by atoms with Crippen LogP contribution in [0.5, 0.6) is 11.5 Å². The molecule has 2 rings (SSSR count). The molecule has 0 aromatic heterocycles. The molecular formula is C18H21NO3. The number of benzene rings is 2. The molecular weight excluding hydrogens is 278 g/mol. The smallest absolute Gasteiger partial charge is 0.255 e. The first-order valence-electron chi connectivity index (χ1n) is 7.22. The quantitative estimate of drug-likeness (QED) is 0.906. The number of nitrogens with one attached hydrogen (secondary N) is 1. The molecule has 0 aliphatic carbocycles. The van der Waals surface area contributed by atoms with Crippen LogP contribution in [0.4, 0.5) is 5.69 Å². The summed E-state index contributed by atoms with van der Waals surface area (Å²) in [7, 11) is 1.58. The van der Waals surface area contributed by atoms with Gasteiger partial charge in [-0.3, -0.25) is 4.79 Å². The Hall–Kier alpha value is -2.49. The fourth-order valence-corrected chi connectivity index (χ4v) is 2.07. The highest BCUT2D eigenvalue weighted by molar-refractivity contribution is 6.05. The topological polar surface area (TPSA) is 47.6 Å². The molecule has 0 saturated heterocycles. The van der Waals surface area contributed by atoms with E-state index in [1.54, 1.807) is 31.4 Å². The summed E-state index contributed by atoms with van der Waals surface area (Å²) in [5.74, 6) is 1.21. The number of carbonyl (C=O) groups is 1. The van der Waals surface area contributed by atoms with Crippen LogP contribution >= 0.6 is 0 Å². The van der Waals surface area contributed by atoms with Crippen LogP contribution in [0.25, 0.3) is 0 Å². The van der Waals surface area contributed by atoms with Crippen LogP contribution in [-0.4, -0.2) is 19.1 Å². The lowest BCUT2D eigenvalue weighted by Gasteiger charge is -2.12. The van der Waals surface area contributed by atoms with Crippen molar-refractivity contribution in [1.82, 2.24) is 0 Å². The number of amides is 1. The number of aryl methyl sites for hydroxylation is 1. The summed E-state index contributed by atoms with van der Waals surface area (Å²) in [4.78, 5) is 12.3. The number of rotatable bonds is 5. The Labute approximate surface area is 131 Å². The van der Waals surface area contributed by atoms with Crippen molar-refractivity contribution in [2.24, 2.45) is 0 Å². The highest BCUT2D eigenvalue weighted by atomic mass is 16.5. The normalized spacial score (nSPS) is 10.4. The molecule has 2 aromatic carbocycles. The van der Waals surface area contributed by atoms with Crippen LogP contribution in [0.3, 0.4) is 0 Å². The molecule has 116 valence electrons. The molecule has 0 unspecified atom stereocenters. The first-order chi connectivity index (χ1) is 10.5. The van der Waals surface area contributed by atoms with Crippen molar-refractivity contribution in [2.75, 3.05) is 12.4 Å². The van der Waals surface area contributed by atoms with E-state index >= 15 is 0 Å². The molecule has 0 fully saturated rings. The average molecular weight is 299 g/mol. The molecule has 0 bridgehead atoms. The third kappa shape index (κ3) is 4.01. The first kappa shape index (κ1) is 15.9. The summed E-state index contributed by atoms with van der Waals surface area (Å²) < 4.78 is 10.8. The number of hydrogen-bond donors (Lipinski definition) is 1. The molecule has 2 aromatic rings. The van der Waals surface area contributed by atoms with Crippen molar-refractivity contribution in [1.29, 1.82) is 0 Å². The minimum absolute atomic E-state index is 0.108. The van der Waals surface area contributed by atoms with Gasteiger partial charge in [0.1, 0.15) is 11.5 Å². The van der Waals surface area contributed by atoms with Crippen molar-refractivity contribution in [3.05, 3.63) is 53.6 Å². The first-order valence-corrected chi connectivity index (χ1v) is 7.22. The number of ether oxygens (including phenoxy) is 2. The van der Waals surface area contributed by atoms with Gasteiger partial charge < -0.3 is 14.8 Å². The van der Waals surface area contributed by atoms with Gasteiger partial charge in [-0.2, -0.15) is 0 Å². The third-order valence-corrected chi connectivity index (χ3v) is 3.09. The van der Waals surface area contributed by atoms with Crippen LogP contribution in [0.2, 0.25) is 0 Å². The zero-order chi connectivity index (χ0) is 16.1. The fraction of sp³-hybridized carbons (Fsp3) is 0.278. The molecule has 0 radical (unpaired) electrons. The number of methoxy groups -OCH3 is 1. The third-order valence-electron chi connectivity index (χ3n) is 3.09. The second-order valence-electron chi connectivity index (χ2n) is 5.35. The molecule has 4 heteroatoms. The lowest BCUT2D eigenvalue weighted by atomic mass is 10.1. The van der Waals surface area contributed by atoms with Gasteiger partial charge in [-0.25, -0.2) is 0 Å². The van der Waals surface area contributed by atoms with Gasteiger partial charge in [-0.1, -0.05) is 6.07 Å².